The minimum Gasteiger partial charge on any atom is -0.323 e. The molecule has 4 nitrogen and oxygen atoms in total. The molecule has 0 aliphatic rings. The van der Waals surface area contributed by atoms with E-state index in [2.05, 4.69) is 15.3 Å². The van der Waals surface area contributed by atoms with Crippen LogP contribution in [0.15, 0.2) is 41.8 Å². The van der Waals surface area contributed by atoms with Crippen molar-refractivity contribution in [3.63, 3.8) is 0 Å². The van der Waals surface area contributed by atoms with Crippen LogP contribution in [0.3, 0.4) is 0 Å². The van der Waals surface area contributed by atoms with Crippen LogP contribution in [-0.4, -0.2) is 21.6 Å². The van der Waals surface area contributed by atoms with Gasteiger partial charge in [0.05, 0.1) is 11.4 Å². The number of thioether (sulfide) groups is 1. The Morgan fingerprint density at radius 3 is 2.79 bits per heavy atom. The zero-order valence-corrected chi connectivity index (χ0v) is 11.2. The first-order valence-corrected chi connectivity index (χ1v) is 6.66. The molecule has 0 atom stereocenters. The highest BCUT2D eigenvalue weighted by molar-refractivity contribution is 7.99. The summed E-state index contributed by atoms with van der Waals surface area (Å²) in [5.74, 6) is -0.799. The molecule has 7 heteroatoms. The van der Waals surface area contributed by atoms with Crippen LogP contribution in [0.2, 0.25) is 5.02 Å². The van der Waals surface area contributed by atoms with Crippen molar-refractivity contribution in [1.29, 1.82) is 0 Å². The molecule has 0 aliphatic carbocycles. The molecule has 0 bridgehead atoms. The van der Waals surface area contributed by atoms with Crippen LogP contribution in [0.5, 0.6) is 0 Å². The first-order valence-electron chi connectivity index (χ1n) is 5.30. The van der Waals surface area contributed by atoms with Crippen LogP contribution in [0.1, 0.15) is 0 Å². The molecule has 1 N–H and O–H groups in total. The molecule has 19 heavy (non-hydrogen) atoms. The number of nitrogens with zero attached hydrogens (tertiary/aromatic N) is 2. The Labute approximate surface area is 118 Å². The molecule has 0 saturated heterocycles. The standard InChI is InChI=1S/C12H9ClFN3OS/c13-8-2-3-10(9(14)6-8)17-11(18)7-19-12-15-4-1-5-16-12/h1-6H,7H2,(H,17,18). The summed E-state index contributed by atoms with van der Waals surface area (Å²) in [6.07, 6.45) is 3.18. The Morgan fingerprint density at radius 2 is 2.11 bits per heavy atom. The SMILES string of the molecule is O=C(CSc1ncccn1)Nc1ccc(Cl)cc1F. The monoisotopic (exact) mass is 297 g/mol. The van der Waals surface area contributed by atoms with Crippen molar-refractivity contribution in [2.24, 2.45) is 0 Å². The normalized spacial score (nSPS) is 10.2. The van der Waals surface area contributed by atoms with Gasteiger partial charge in [0.2, 0.25) is 5.91 Å². The quantitative estimate of drug-likeness (QED) is 0.696. The second-order valence-electron chi connectivity index (χ2n) is 3.49. The summed E-state index contributed by atoms with van der Waals surface area (Å²) in [5, 5.41) is 3.23. The molecule has 1 amide bonds. The molecule has 2 aromatic rings. The molecule has 0 aliphatic heterocycles. The molecule has 0 spiro atoms. The van der Waals surface area contributed by atoms with Gasteiger partial charge in [-0.1, -0.05) is 23.4 Å². The minimum absolute atomic E-state index is 0.101. The van der Waals surface area contributed by atoms with Gasteiger partial charge in [-0.25, -0.2) is 14.4 Å². The first-order chi connectivity index (χ1) is 9.15. The Bertz CT molecular complexity index is 582. The van der Waals surface area contributed by atoms with Crippen LogP contribution < -0.4 is 5.32 Å². The third-order valence-electron chi connectivity index (χ3n) is 2.08. The predicted molar refractivity (Wildman–Crippen MR) is 72.8 cm³/mol. The Balaban J connectivity index is 1.91. The second-order valence-corrected chi connectivity index (χ2v) is 4.87. The van der Waals surface area contributed by atoms with E-state index in [4.69, 9.17) is 11.6 Å². The molecule has 2 rings (SSSR count). The summed E-state index contributed by atoms with van der Waals surface area (Å²) in [7, 11) is 0. The van der Waals surface area contributed by atoms with Crippen LogP contribution in [0, 0.1) is 5.82 Å². The topological polar surface area (TPSA) is 54.9 Å². The molecule has 0 unspecified atom stereocenters. The number of carbonyl (C=O) groups excluding carboxylic acids is 1. The van der Waals surface area contributed by atoms with Gasteiger partial charge in [-0.3, -0.25) is 4.79 Å². The molecule has 1 heterocycles. The van der Waals surface area contributed by atoms with E-state index in [0.717, 1.165) is 6.07 Å². The number of hydrogen-bond acceptors (Lipinski definition) is 4. The van der Waals surface area contributed by atoms with Gasteiger partial charge in [-0.2, -0.15) is 0 Å². The Hall–Kier alpha value is -1.66. The largest absolute Gasteiger partial charge is 0.323 e. The first kappa shape index (κ1) is 13.8. The number of anilines is 1. The number of benzene rings is 1. The summed E-state index contributed by atoms with van der Waals surface area (Å²) in [4.78, 5) is 19.6. The van der Waals surface area contributed by atoms with Gasteiger partial charge in [-0.15, -0.1) is 0 Å². The molecule has 0 saturated carbocycles. The van der Waals surface area contributed by atoms with Gasteiger partial charge in [0, 0.05) is 17.4 Å². The second kappa shape index (κ2) is 6.49. The zero-order chi connectivity index (χ0) is 13.7. The van der Waals surface area contributed by atoms with Crippen LogP contribution in [0.25, 0.3) is 0 Å². The van der Waals surface area contributed by atoms with E-state index < -0.39 is 5.82 Å². The lowest BCUT2D eigenvalue weighted by atomic mass is 10.3. The highest BCUT2D eigenvalue weighted by atomic mass is 35.5. The van der Waals surface area contributed by atoms with Crippen molar-refractivity contribution in [2.75, 3.05) is 11.1 Å². The maximum atomic E-state index is 13.4. The number of amides is 1. The van der Waals surface area contributed by atoms with Gasteiger partial charge >= 0.3 is 0 Å². The van der Waals surface area contributed by atoms with Crippen molar-refractivity contribution in [1.82, 2.24) is 9.97 Å². The number of carbonyl (C=O) groups is 1. The average molecular weight is 298 g/mol. The number of aromatic nitrogens is 2. The minimum atomic E-state index is -0.568. The van der Waals surface area contributed by atoms with E-state index in [1.807, 2.05) is 0 Å². The van der Waals surface area contributed by atoms with E-state index in [1.165, 1.54) is 23.9 Å². The fraction of sp³-hybridized carbons (Fsp3) is 0.0833. The Kier molecular flexibility index (Phi) is 4.70. The van der Waals surface area contributed by atoms with Crippen molar-refractivity contribution in [2.45, 2.75) is 5.16 Å². The third-order valence-corrected chi connectivity index (χ3v) is 3.19. The summed E-state index contributed by atoms with van der Waals surface area (Å²) in [6, 6.07) is 5.75. The number of rotatable bonds is 4. The van der Waals surface area contributed by atoms with Crippen molar-refractivity contribution < 1.29 is 9.18 Å². The molecular formula is C12H9ClFN3OS. The zero-order valence-electron chi connectivity index (χ0n) is 9.64. The van der Waals surface area contributed by atoms with Crippen molar-refractivity contribution in [3.05, 3.63) is 47.5 Å². The fourth-order valence-corrected chi connectivity index (χ4v) is 2.03. The van der Waals surface area contributed by atoms with Gasteiger partial charge in [0.1, 0.15) is 5.82 Å². The van der Waals surface area contributed by atoms with E-state index in [0.29, 0.717) is 5.16 Å². The van der Waals surface area contributed by atoms with Gasteiger partial charge in [0.15, 0.2) is 5.16 Å². The van der Waals surface area contributed by atoms with Crippen LogP contribution >= 0.6 is 23.4 Å². The summed E-state index contributed by atoms with van der Waals surface area (Å²) >= 11 is 6.80. The van der Waals surface area contributed by atoms with Gasteiger partial charge in [-0.05, 0) is 24.3 Å². The highest BCUT2D eigenvalue weighted by Crippen LogP contribution is 2.19. The highest BCUT2D eigenvalue weighted by Gasteiger charge is 2.08. The number of halogens is 2. The average Bonchev–Trinajstić information content (AvgIpc) is 2.41. The summed E-state index contributed by atoms with van der Waals surface area (Å²) in [5.41, 5.74) is 0.101. The smallest absolute Gasteiger partial charge is 0.234 e. The molecular weight excluding hydrogens is 289 g/mol. The number of hydrogen-bond donors (Lipinski definition) is 1. The lowest BCUT2D eigenvalue weighted by Gasteiger charge is -2.06. The van der Waals surface area contributed by atoms with Gasteiger partial charge < -0.3 is 5.32 Å². The van der Waals surface area contributed by atoms with E-state index in [9.17, 15) is 9.18 Å². The Morgan fingerprint density at radius 1 is 1.37 bits per heavy atom. The number of nitrogens with one attached hydrogen (secondary N) is 1. The third kappa shape index (κ3) is 4.18. The van der Waals surface area contributed by atoms with Gasteiger partial charge in [0.25, 0.3) is 0 Å². The summed E-state index contributed by atoms with van der Waals surface area (Å²) < 4.78 is 13.4. The fourth-order valence-electron chi connectivity index (χ4n) is 1.27. The predicted octanol–water partition coefficient (Wildman–Crippen LogP) is 3.00. The van der Waals surface area contributed by atoms with Crippen molar-refractivity contribution in [3.8, 4) is 0 Å². The summed E-state index contributed by atoms with van der Waals surface area (Å²) in [6.45, 7) is 0. The molecule has 1 aromatic carbocycles. The van der Waals surface area contributed by atoms with Crippen LogP contribution in [0.4, 0.5) is 10.1 Å². The van der Waals surface area contributed by atoms with E-state index >= 15 is 0 Å². The molecule has 0 radical (unpaired) electrons. The van der Waals surface area contributed by atoms with Crippen LogP contribution in [-0.2, 0) is 4.79 Å². The molecule has 98 valence electrons. The lowest BCUT2D eigenvalue weighted by molar-refractivity contribution is -0.113. The van der Waals surface area contributed by atoms with E-state index in [-0.39, 0.29) is 22.4 Å². The molecule has 0 fully saturated rings. The van der Waals surface area contributed by atoms with E-state index in [1.54, 1.807) is 18.5 Å². The maximum absolute atomic E-state index is 13.4. The molecule has 1 aromatic heterocycles. The van der Waals surface area contributed by atoms with Crippen molar-refractivity contribution >= 4 is 35.0 Å². The maximum Gasteiger partial charge on any atom is 0.234 e. The lowest BCUT2D eigenvalue weighted by Crippen LogP contribution is -2.15.